The molecule has 0 saturated heterocycles. The van der Waals surface area contributed by atoms with Gasteiger partial charge in [-0.1, -0.05) is 60.7 Å². The van der Waals surface area contributed by atoms with E-state index in [1.807, 2.05) is 66.7 Å². The summed E-state index contributed by atoms with van der Waals surface area (Å²) in [5.41, 5.74) is 3.23. The van der Waals surface area contributed by atoms with Crippen molar-refractivity contribution in [2.45, 2.75) is 12.5 Å². The molecule has 0 fully saturated rings. The molecule has 1 unspecified atom stereocenters. The first-order chi connectivity index (χ1) is 16.2. The van der Waals surface area contributed by atoms with E-state index in [0.717, 1.165) is 16.8 Å². The average molecular weight is 444 g/mol. The van der Waals surface area contributed by atoms with Crippen LogP contribution in [0.2, 0.25) is 0 Å². The normalized spacial score (nSPS) is 15.1. The Bertz CT molecular complexity index is 1130. The van der Waals surface area contributed by atoms with Crippen LogP contribution in [0.4, 0.5) is 0 Å². The lowest BCUT2D eigenvalue weighted by Gasteiger charge is -2.22. The Morgan fingerprint density at radius 3 is 2.45 bits per heavy atom. The molecule has 7 nitrogen and oxygen atoms in total. The smallest absolute Gasteiger partial charge is 0.274 e. The summed E-state index contributed by atoms with van der Waals surface area (Å²) in [6.07, 6.45) is 0.559. The molecular weight excluding hydrogens is 418 g/mol. The molecule has 1 aliphatic rings. The highest BCUT2D eigenvalue weighted by atomic mass is 16.5. The molecule has 0 spiro atoms. The number of nitrogens with zero attached hydrogens (tertiary/aromatic N) is 2. The molecule has 168 valence electrons. The molecule has 2 amide bonds. The van der Waals surface area contributed by atoms with Crippen LogP contribution in [0.15, 0.2) is 90.0 Å². The summed E-state index contributed by atoms with van der Waals surface area (Å²) < 4.78 is 5.62. The van der Waals surface area contributed by atoms with Gasteiger partial charge >= 0.3 is 0 Å². The van der Waals surface area contributed by atoms with Crippen LogP contribution in [0.5, 0.6) is 5.75 Å². The molecule has 0 radical (unpaired) electrons. The molecule has 3 aromatic carbocycles. The van der Waals surface area contributed by atoms with Crippen LogP contribution in [0.25, 0.3) is 0 Å². The van der Waals surface area contributed by atoms with E-state index in [4.69, 9.17) is 14.9 Å². The van der Waals surface area contributed by atoms with Crippen LogP contribution in [0.1, 0.15) is 33.9 Å². The molecular formula is C26H25N3O4. The van der Waals surface area contributed by atoms with Gasteiger partial charge in [0.2, 0.25) is 0 Å². The minimum absolute atomic E-state index is 0.127. The van der Waals surface area contributed by atoms with Crippen molar-refractivity contribution in [2.24, 2.45) is 5.10 Å². The van der Waals surface area contributed by atoms with Crippen molar-refractivity contribution >= 4 is 17.5 Å². The molecule has 0 aliphatic carbocycles. The minimum atomic E-state index is -0.314. The predicted octanol–water partition coefficient (Wildman–Crippen LogP) is 3.17. The summed E-state index contributed by atoms with van der Waals surface area (Å²) in [4.78, 5) is 25.1. The van der Waals surface area contributed by atoms with Gasteiger partial charge in [0.05, 0.1) is 18.4 Å². The van der Waals surface area contributed by atoms with Crippen molar-refractivity contribution < 1.29 is 19.4 Å². The topological polar surface area (TPSA) is 91.2 Å². The van der Waals surface area contributed by atoms with Crippen LogP contribution in [-0.2, 0) is 4.79 Å². The minimum Gasteiger partial charge on any atom is -0.484 e. The number of hydrogen-bond donors (Lipinski definition) is 2. The standard InChI is InChI=1S/C26H25N3O4/c30-15-14-27-25(31)18-33-22-13-7-12-21(16-22)24-17-23(19-8-3-1-4-9-19)28-29(24)26(32)20-10-5-2-6-11-20/h1-13,16,24,30H,14-15,17-18H2,(H,27,31). The number of nitrogens with one attached hydrogen (secondary N) is 1. The first kappa shape index (κ1) is 22.2. The van der Waals surface area contributed by atoms with Gasteiger partial charge in [0.15, 0.2) is 6.61 Å². The maximum atomic E-state index is 13.3. The Labute approximate surface area is 192 Å². The molecule has 1 aliphatic heterocycles. The molecule has 0 aromatic heterocycles. The molecule has 3 aromatic rings. The van der Waals surface area contributed by atoms with Gasteiger partial charge in [-0.2, -0.15) is 5.10 Å². The van der Waals surface area contributed by atoms with Crippen LogP contribution in [0, 0.1) is 0 Å². The lowest BCUT2D eigenvalue weighted by Crippen LogP contribution is -2.31. The maximum Gasteiger partial charge on any atom is 0.274 e. The van der Waals surface area contributed by atoms with E-state index >= 15 is 0 Å². The SMILES string of the molecule is O=C(COc1cccc(C2CC(c3ccccc3)=NN2C(=O)c2ccccc2)c1)NCCO. The summed E-state index contributed by atoms with van der Waals surface area (Å²) >= 11 is 0. The highest BCUT2D eigenvalue weighted by molar-refractivity contribution is 6.05. The van der Waals surface area contributed by atoms with Gasteiger partial charge in [-0.05, 0) is 35.4 Å². The average Bonchev–Trinajstić information content (AvgIpc) is 3.32. The number of carbonyl (C=O) groups excluding carboxylic acids is 2. The van der Waals surface area contributed by atoms with Gasteiger partial charge < -0.3 is 15.2 Å². The van der Waals surface area contributed by atoms with Crippen molar-refractivity contribution in [3.8, 4) is 5.75 Å². The Balaban J connectivity index is 1.58. The number of benzene rings is 3. The second-order valence-corrected chi connectivity index (χ2v) is 7.58. The van der Waals surface area contributed by atoms with Crippen LogP contribution in [-0.4, -0.2) is 47.4 Å². The molecule has 1 heterocycles. The van der Waals surface area contributed by atoms with Gasteiger partial charge in [0.1, 0.15) is 5.75 Å². The third-order valence-electron chi connectivity index (χ3n) is 5.29. The van der Waals surface area contributed by atoms with Crippen molar-refractivity contribution in [1.82, 2.24) is 10.3 Å². The summed E-state index contributed by atoms with van der Waals surface area (Å²) in [6, 6.07) is 25.9. The van der Waals surface area contributed by atoms with E-state index < -0.39 is 0 Å². The summed E-state index contributed by atoms with van der Waals surface area (Å²) in [6.45, 7) is -0.106. The van der Waals surface area contributed by atoms with E-state index in [1.54, 1.807) is 18.2 Å². The Kier molecular flexibility index (Phi) is 7.12. The third kappa shape index (κ3) is 5.45. The van der Waals surface area contributed by atoms with Gasteiger partial charge in [-0.3, -0.25) is 9.59 Å². The van der Waals surface area contributed by atoms with Crippen LogP contribution >= 0.6 is 0 Å². The van der Waals surface area contributed by atoms with E-state index in [9.17, 15) is 9.59 Å². The molecule has 33 heavy (non-hydrogen) atoms. The fourth-order valence-corrected chi connectivity index (χ4v) is 3.68. The highest BCUT2D eigenvalue weighted by Crippen LogP contribution is 2.35. The first-order valence-electron chi connectivity index (χ1n) is 10.8. The summed E-state index contributed by atoms with van der Waals surface area (Å²) in [5, 5.41) is 17.6. The molecule has 0 saturated carbocycles. The third-order valence-corrected chi connectivity index (χ3v) is 5.29. The lowest BCUT2D eigenvalue weighted by molar-refractivity contribution is -0.123. The number of hydrogen-bond acceptors (Lipinski definition) is 5. The molecule has 1 atom stereocenters. The first-order valence-corrected chi connectivity index (χ1v) is 10.8. The summed E-state index contributed by atoms with van der Waals surface area (Å²) in [7, 11) is 0. The Morgan fingerprint density at radius 1 is 1.00 bits per heavy atom. The predicted molar refractivity (Wildman–Crippen MR) is 125 cm³/mol. The van der Waals surface area contributed by atoms with E-state index in [1.165, 1.54) is 5.01 Å². The van der Waals surface area contributed by atoms with Crippen LogP contribution < -0.4 is 10.1 Å². The summed E-state index contributed by atoms with van der Waals surface area (Å²) in [5.74, 6) is 0.0269. The van der Waals surface area contributed by atoms with Gasteiger partial charge in [0.25, 0.3) is 11.8 Å². The number of amides is 2. The molecule has 0 bridgehead atoms. The number of rotatable bonds is 8. The molecule has 7 heteroatoms. The Morgan fingerprint density at radius 2 is 1.73 bits per heavy atom. The maximum absolute atomic E-state index is 13.3. The monoisotopic (exact) mass is 443 g/mol. The van der Waals surface area contributed by atoms with E-state index in [2.05, 4.69) is 5.32 Å². The fraction of sp³-hybridized carbons (Fsp3) is 0.192. The number of carbonyl (C=O) groups is 2. The quantitative estimate of drug-likeness (QED) is 0.560. The van der Waals surface area contributed by atoms with E-state index in [0.29, 0.717) is 17.7 Å². The zero-order valence-electron chi connectivity index (χ0n) is 18.1. The number of ether oxygens (including phenoxy) is 1. The van der Waals surface area contributed by atoms with Gasteiger partial charge in [-0.25, -0.2) is 5.01 Å². The number of aliphatic hydroxyl groups excluding tert-OH is 1. The second kappa shape index (κ2) is 10.6. The number of hydrazone groups is 1. The van der Waals surface area contributed by atoms with Crippen molar-refractivity contribution in [3.63, 3.8) is 0 Å². The van der Waals surface area contributed by atoms with Gasteiger partial charge in [0, 0.05) is 18.5 Å². The lowest BCUT2D eigenvalue weighted by atomic mass is 9.98. The van der Waals surface area contributed by atoms with Crippen molar-refractivity contribution in [3.05, 3.63) is 102 Å². The Hall–Kier alpha value is -3.97. The molecule has 4 rings (SSSR count). The van der Waals surface area contributed by atoms with Crippen molar-refractivity contribution in [2.75, 3.05) is 19.8 Å². The second-order valence-electron chi connectivity index (χ2n) is 7.58. The zero-order valence-corrected chi connectivity index (χ0v) is 18.1. The van der Waals surface area contributed by atoms with Crippen LogP contribution in [0.3, 0.4) is 0 Å². The largest absolute Gasteiger partial charge is 0.484 e. The molecule has 2 N–H and O–H groups in total. The van der Waals surface area contributed by atoms with Gasteiger partial charge in [-0.15, -0.1) is 0 Å². The zero-order chi connectivity index (χ0) is 23.0. The highest BCUT2D eigenvalue weighted by Gasteiger charge is 2.33. The van der Waals surface area contributed by atoms with Crippen molar-refractivity contribution in [1.29, 1.82) is 0 Å². The fourth-order valence-electron chi connectivity index (χ4n) is 3.68. The van der Waals surface area contributed by atoms with E-state index in [-0.39, 0.29) is 37.6 Å². The number of aliphatic hydroxyl groups is 1.